The Balaban J connectivity index is 2.20. The summed E-state index contributed by atoms with van der Waals surface area (Å²) < 4.78 is 15.0. The van der Waals surface area contributed by atoms with Crippen LogP contribution in [0.25, 0.3) is 17.1 Å². The fourth-order valence-corrected chi connectivity index (χ4v) is 2.12. The summed E-state index contributed by atoms with van der Waals surface area (Å²) in [5.41, 5.74) is -0.283. The molecule has 0 unspecified atom stereocenters. The van der Waals surface area contributed by atoms with Crippen LogP contribution in [-0.4, -0.2) is 19.7 Å². The first kappa shape index (κ1) is 12.6. The van der Waals surface area contributed by atoms with Gasteiger partial charge in [0.25, 0.3) is 11.5 Å². The highest BCUT2D eigenvalue weighted by molar-refractivity contribution is 6.33. The molecule has 7 heteroatoms. The molecule has 0 radical (unpaired) electrons. The van der Waals surface area contributed by atoms with E-state index in [1.54, 1.807) is 6.07 Å². The third-order valence-corrected chi connectivity index (χ3v) is 3.07. The molecule has 3 rings (SSSR count). The Kier molecular flexibility index (Phi) is 3.08. The van der Waals surface area contributed by atoms with E-state index >= 15 is 0 Å². The zero-order chi connectivity index (χ0) is 14.1. The van der Waals surface area contributed by atoms with Crippen molar-refractivity contribution in [2.24, 2.45) is 0 Å². The molecule has 100 valence electrons. The van der Waals surface area contributed by atoms with Gasteiger partial charge in [-0.15, -0.1) is 0 Å². The van der Waals surface area contributed by atoms with E-state index in [1.165, 1.54) is 36.8 Å². The molecule has 1 N–H and O–H groups in total. The number of rotatable bonds is 2. The summed E-state index contributed by atoms with van der Waals surface area (Å²) in [7, 11) is 0. The highest BCUT2D eigenvalue weighted by atomic mass is 35.5. The molecule has 0 saturated heterocycles. The van der Waals surface area contributed by atoms with Crippen LogP contribution >= 0.6 is 11.6 Å². The molecule has 2 aromatic heterocycles. The lowest BCUT2D eigenvalue weighted by Crippen LogP contribution is -2.18. The van der Waals surface area contributed by atoms with Gasteiger partial charge in [-0.3, -0.25) is 9.89 Å². The monoisotopic (exact) mass is 290 g/mol. The van der Waals surface area contributed by atoms with Gasteiger partial charge >= 0.3 is 0 Å². The summed E-state index contributed by atoms with van der Waals surface area (Å²) in [6, 6.07) is 5.88. The lowest BCUT2D eigenvalue weighted by Gasteiger charge is -2.01. The second kappa shape index (κ2) is 4.90. The zero-order valence-corrected chi connectivity index (χ0v) is 10.8. The molecular weight excluding hydrogens is 283 g/mol. The van der Waals surface area contributed by atoms with Crippen LogP contribution < -0.4 is 5.56 Å². The van der Waals surface area contributed by atoms with Crippen LogP contribution in [0, 0.1) is 5.82 Å². The Morgan fingerprint density at radius 2 is 1.95 bits per heavy atom. The van der Waals surface area contributed by atoms with Crippen molar-refractivity contribution >= 4 is 11.6 Å². The number of H-pyrrole nitrogens is 1. The van der Waals surface area contributed by atoms with E-state index in [0.717, 1.165) is 4.68 Å². The van der Waals surface area contributed by atoms with E-state index in [4.69, 9.17) is 11.6 Å². The van der Waals surface area contributed by atoms with Crippen molar-refractivity contribution in [1.82, 2.24) is 19.7 Å². The molecular formula is C13H8ClFN4O. The third-order valence-electron chi connectivity index (χ3n) is 2.76. The third kappa shape index (κ3) is 2.00. The number of aromatic amines is 1. The number of aromatic nitrogens is 4. The lowest BCUT2D eigenvalue weighted by molar-refractivity contribution is 0.631. The maximum atomic E-state index is 13.9. The second-order valence-corrected chi connectivity index (χ2v) is 4.38. The predicted octanol–water partition coefficient (Wildman–Crippen LogP) is 2.42. The zero-order valence-electron chi connectivity index (χ0n) is 10.0. The second-order valence-electron chi connectivity index (χ2n) is 3.97. The molecule has 5 nitrogen and oxygen atoms in total. The van der Waals surface area contributed by atoms with Crippen LogP contribution in [0.5, 0.6) is 0 Å². The van der Waals surface area contributed by atoms with E-state index < -0.39 is 11.4 Å². The SMILES string of the molecule is O=c1c(-c2c(F)cccc2Cl)c[nH]n1-c1ncccn1. The first-order valence-corrected chi connectivity index (χ1v) is 6.08. The van der Waals surface area contributed by atoms with Crippen molar-refractivity contribution in [1.29, 1.82) is 0 Å². The minimum atomic E-state index is -0.560. The van der Waals surface area contributed by atoms with Crippen molar-refractivity contribution in [3.05, 3.63) is 64.0 Å². The van der Waals surface area contributed by atoms with E-state index in [1.807, 2.05) is 0 Å². The number of hydrogen-bond donors (Lipinski definition) is 1. The van der Waals surface area contributed by atoms with Gasteiger partial charge in [0.2, 0.25) is 0 Å². The van der Waals surface area contributed by atoms with Crippen LogP contribution in [0.1, 0.15) is 0 Å². The van der Waals surface area contributed by atoms with Gasteiger partial charge in [-0.25, -0.2) is 14.4 Å². The van der Waals surface area contributed by atoms with Crippen LogP contribution in [0.15, 0.2) is 47.7 Å². The van der Waals surface area contributed by atoms with E-state index in [0.29, 0.717) is 0 Å². The minimum absolute atomic E-state index is 0.0603. The summed E-state index contributed by atoms with van der Waals surface area (Å²) >= 11 is 5.96. The van der Waals surface area contributed by atoms with Crippen LogP contribution in [0.4, 0.5) is 4.39 Å². The molecule has 0 amide bonds. The summed E-state index contributed by atoms with van der Waals surface area (Å²) in [5.74, 6) is -0.383. The molecule has 0 aliphatic heterocycles. The number of benzene rings is 1. The van der Waals surface area contributed by atoms with Gasteiger partial charge in [0.1, 0.15) is 5.82 Å². The van der Waals surface area contributed by atoms with Crippen molar-refractivity contribution in [2.75, 3.05) is 0 Å². The highest BCUT2D eigenvalue weighted by Crippen LogP contribution is 2.28. The van der Waals surface area contributed by atoms with Crippen molar-refractivity contribution < 1.29 is 4.39 Å². The quantitative estimate of drug-likeness (QED) is 0.788. The first-order valence-electron chi connectivity index (χ1n) is 5.70. The fourth-order valence-electron chi connectivity index (χ4n) is 1.86. The largest absolute Gasteiger partial charge is 0.295 e. The fraction of sp³-hybridized carbons (Fsp3) is 0. The summed E-state index contributed by atoms with van der Waals surface area (Å²) in [6.07, 6.45) is 4.39. The molecule has 0 atom stereocenters. The van der Waals surface area contributed by atoms with E-state index in [9.17, 15) is 9.18 Å². The predicted molar refractivity (Wildman–Crippen MR) is 72.4 cm³/mol. The topological polar surface area (TPSA) is 63.6 Å². The van der Waals surface area contributed by atoms with Crippen molar-refractivity contribution in [2.45, 2.75) is 0 Å². The van der Waals surface area contributed by atoms with Crippen molar-refractivity contribution in [3.63, 3.8) is 0 Å². The molecule has 2 heterocycles. The molecule has 1 aromatic carbocycles. The molecule has 0 aliphatic rings. The Morgan fingerprint density at radius 1 is 1.20 bits per heavy atom. The number of nitrogens with one attached hydrogen (secondary N) is 1. The number of nitrogens with zero attached hydrogens (tertiary/aromatic N) is 3. The standard InChI is InChI=1S/C13H8ClFN4O/c14-9-3-1-4-10(15)11(9)8-7-18-19(12(8)20)13-16-5-2-6-17-13/h1-7,18H. The highest BCUT2D eigenvalue weighted by Gasteiger charge is 2.17. The van der Waals surface area contributed by atoms with Crippen LogP contribution in [-0.2, 0) is 0 Å². The molecule has 3 aromatic rings. The van der Waals surface area contributed by atoms with Gasteiger partial charge in [-0.2, -0.15) is 4.68 Å². The van der Waals surface area contributed by atoms with Crippen LogP contribution in [0.2, 0.25) is 5.02 Å². The molecule has 0 saturated carbocycles. The Bertz CT molecular complexity index is 792. The van der Waals surface area contributed by atoms with Gasteiger partial charge < -0.3 is 0 Å². The average molecular weight is 291 g/mol. The molecule has 0 aliphatic carbocycles. The maximum absolute atomic E-state index is 13.9. The van der Waals surface area contributed by atoms with Gasteiger partial charge in [0.15, 0.2) is 0 Å². The molecule has 20 heavy (non-hydrogen) atoms. The van der Waals surface area contributed by atoms with Gasteiger partial charge in [0.05, 0.1) is 10.6 Å². The van der Waals surface area contributed by atoms with E-state index in [-0.39, 0.29) is 22.1 Å². The smallest absolute Gasteiger partial charge is 0.281 e. The Labute approximate surface area is 117 Å². The first-order chi connectivity index (χ1) is 9.68. The lowest BCUT2D eigenvalue weighted by atomic mass is 10.1. The Morgan fingerprint density at radius 3 is 2.65 bits per heavy atom. The number of hydrogen-bond acceptors (Lipinski definition) is 3. The average Bonchev–Trinajstić information content (AvgIpc) is 2.82. The maximum Gasteiger partial charge on any atom is 0.281 e. The molecule has 0 spiro atoms. The number of halogens is 2. The van der Waals surface area contributed by atoms with Crippen LogP contribution in [0.3, 0.4) is 0 Å². The summed E-state index contributed by atoms with van der Waals surface area (Å²) in [4.78, 5) is 20.2. The minimum Gasteiger partial charge on any atom is -0.295 e. The molecule has 0 bridgehead atoms. The van der Waals surface area contributed by atoms with E-state index in [2.05, 4.69) is 15.1 Å². The summed E-state index contributed by atoms with van der Waals surface area (Å²) in [5, 5.41) is 2.87. The Hall–Kier alpha value is -2.47. The van der Waals surface area contributed by atoms with Crippen molar-refractivity contribution in [3.8, 4) is 17.1 Å². The van der Waals surface area contributed by atoms with Gasteiger partial charge in [-0.05, 0) is 18.2 Å². The normalized spacial score (nSPS) is 10.7. The van der Waals surface area contributed by atoms with Gasteiger partial charge in [0, 0.05) is 24.2 Å². The molecule has 0 fully saturated rings. The summed E-state index contributed by atoms with van der Waals surface area (Å²) in [6.45, 7) is 0. The van der Waals surface area contributed by atoms with Gasteiger partial charge in [-0.1, -0.05) is 17.7 Å².